The fourth-order valence-corrected chi connectivity index (χ4v) is 1.45. The number of hydrogen-bond acceptors (Lipinski definition) is 2. The third-order valence-corrected chi connectivity index (χ3v) is 2.61. The largest absolute Gasteiger partial charge is 0.396 e. The molecule has 0 amide bonds. The molecule has 0 aliphatic heterocycles. The molecule has 2 heteroatoms. The van der Waals surface area contributed by atoms with Crippen LogP contribution in [0.5, 0.6) is 0 Å². The molecule has 1 saturated carbocycles. The Hall–Kier alpha value is -0.0800. The third kappa shape index (κ3) is 3.55. The van der Waals surface area contributed by atoms with Crippen molar-refractivity contribution in [2.24, 2.45) is 11.8 Å². The van der Waals surface area contributed by atoms with E-state index in [2.05, 4.69) is 19.2 Å². The van der Waals surface area contributed by atoms with Crippen LogP contribution >= 0.6 is 0 Å². The Kier molecular flexibility index (Phi) is 4.02. The van der Waals surface area contributed by atoms with Crippen molar-refractivity contribution in [1.29, 1.82) is 0 Å². The molecule has 0 aromatic rings. The van der Waals surface area contributed by atoms with Crippen molar-refractivity contribution in [3.05, 3.63) is 0 Å². The molecule has 1 aliphatic rings. The van der Waals surface area contributed by atoms with Gasteiger partial charge in [0.15, 0.2) is 0 Å². The summed E-state index contributed by atoms with van der Waals surface area (Å²) in [5.74, 6) is 1.57. The van der Waals surface area contributed by atoms with Gasteiger partial charge in [-0.1, -0.05) is 13.8 Å². The van der Waals surface area contributed by atoms with Crippen LogP contribution in [0.2, 0.25) is 0 Å². The second kappa shape index (κ2) is 4.83. The monoisotopic (exact) mass is 171 g/mol. The maximum Gasteiger partial charge on any atom is 0.0445 e. The highest BCUT2D eigenvalue weighted by atomic mass is 16.3. The van der Waals surface area contributed by atoms with Crippen molar-refractivity contribution in [1.82, 2.24) is 5.32 Å². The van der Waals surface area contributed by atoms with Crippen LogP contribution in [0.3, 0.4) is 0 Å². The van der Waals surface area contributed by atoms with Crippen LogP contribution in [-0.4, -0.2) is 24.3 Å². The first-order chi connectivity index (χ1) is 5.74. The second-order valence-corrected chi connectivity index (χ2v) is 4.21. The van der Waals surface area contributed by atoms with Crippen LogP contribution in [0, 0.1) is 11.8 Å². The van der Waals surface area contributed by atoms with Crippen molar-refractivity contribution in [2.45, 2.75) is 39.2 Å². The lowest BCUT2D eigenvalue weighted by Crippen LogP contribution is -2.35. The molecule has 0 bridgehead atoms. The minimum absolute atomic E-state index is 0.306. The zero-order chi connectivity index (χ0) is 8.97. The SMILES string of the molecule is CC(C)C(CCO)NCC1CC1. The normalized spacial score (nSPS) is 20.0. The van der Waals surface area contributed by atoms with Gasteiger partial charge in [-0.25, -0.2) is 0 Å². The highest BCUT2D eigenvalue weighted by molar-refractivity contribution is 4.79. The molecule has 0 radical (unpaired) electrons. The second-order valence-electron chi connectivity index (χ2n) is 4.21. The highest BCUT2D eigenvalue weighted by Crippen LogP contribution is 2.28. The summed E-state index contributed by atoms with van der Waals surface area (Å²) in [5.41, 5.74) is 0. The average Bonchev–Trinajstić information content (AvgIpc) is 2.80. The first kappa shape index (κ1) is 10.0. The summed E-state index contributed by atoms with van der Waals surface area (Å²) < 4.78 is 0. The van der Waals surface area contributed by atoms with E-state index in [4.69, 9.17) is 5.11 Å². The van der Waals surface area contributed by atoms with Crippen LogP contribution < -0.4 is 5.32 Å². The molecule has 0 aromatic heterocycles. The van der Waals surface area contributed by atoms with Gasteiger partial charge in [0, 0.05) is 12.6 Å². The van der Waals surface area contributed by atoms with Gasteiger partial charge in [0.25, 0.3) is 0 Å². The van der Waals surface area contributed by atoms with E-state index < -0.39 is 0 Å². The molecule has 1 rings (SSSR count). The fraction of sp³-hybridized carbons (Fsp3) is 1.00. The Morgan fingerprint density at radius 1 is 1.42 bits per heavy atom. The van der Waals surface area contributed by atoms with Crippen molar-refractivity contribution >= 4 is 0 Å². The van der Waals surface area contributed by atoms with Crippen LogP contribution in [-0.2, 0) is 0 Å². The van der Waals surface area contributed by atoms with Crippen LogP contribution in [0.1, 0.15) is 33.1 Å². The van der Waals surface area contributed by atoms with Crippen LogP contribution in [0.15, 0.2) is 0 Å². The molecule has 2 nitrogen and oxygen atoms in total. The van der Waals surface area contributed by atoms with E-state index in [0.717, 1.165) is 18.9 Å². The standard InChI is InChI=1S/C10H21NO/c1-8(2)10(5-6-12)11-7-9-3-4-9/h8-12H,3-7H2,1-2H3. The van der Waals surface area contributed by atoms with Gasteiger partial charge in [0.05, 0.1) is 0 Å². The van der Waals surface area contributed by atoms with Gasteiger partial charge < -0.3 is 10.4 Å². The summed E-state index contributed by atoms with van der Waals surface area (Å²) in [6.45, 7) is 5.88. The molecular formula is C10H21NO. The van der Waals surface area contributed by atoms with Gasteiger partial charge in [-0.05, 0) is 37.6 Å². The molecule has 1 unspecified atom stereocenters. The summed E-state index contributed by atoms with van der Waals surface area (Å²) in [6, 6.07) is 0.510. The van der Waals surface area contributed by atoms with Gasteiger partial charge in [-0.2, -0.15) is 0 Å². The van der Waals surface area contributed by atoms with Crippen molar-refractivity contribution in [3.63, 3.8) is 0 Å². The number of aliphatic hydroxyl groups is 1. The Balaban J connectivity index is 2.11. The molecule has 72 valence electrons. The minimum Gasteiger partial charge on any atom is -0.396 e. The van der Waals surface area contributed by atoms with Gasteiger partial charge in [-0.15, -0.1) is 0 Å². The van der Waals surface area contributed by atoms with Gasteiger partial charge in [0.1, 0.15) is 0 Å². The van der Waals surface area contributed by atoms with Crippen molar-refractivity contribution in [3.8, 4) is 0 Å². The molecule has 0 spiro atoms. The average molecular weight is 171 g/mol. The van der Waals surface area contributed by atoms with E-state index in [1.165, 1.54) is 12.8 Å². The Labute approximate surface area is 75.4 Å². The van der Waals surface area contributed by atoms with Gasteiger partial charge in [0.2, 0.25) is 0 Å². The number of nitrogens with one attached hydrogen (secondary N) is 1. The van der Waals surface area contributed by atoms with E-state index >= 15 is 0 Å². The fourth-order valence-electron chi connectivity index (χ4n) is 1.45. The van der Waals surface area contributed by atoms with E-state index in [0.29, 0.717) is 18.6 Å². The van der Waals surface area contributed by atoms with Crippen LogP contribution in [0.25, 0.3) is 0 Å². The Bertz CT molecular complexity index is 121. The molecule has 12 heavy (non-hydrogen) atoms. The van der Waals surface area contributed by atoms with E-state index in [1.54, 1.807) is 0 Å². The predicted octanol–water partition coefficient (Wildman–Crippen LogP) is 1.39. The van der Waals surface area contributed by atoms with E-state index in [-0.39, 0.29) is 0 Å². The topological polar surface area (TPSA) is 32.3 Å². The zero-order valence-corrected chi connectivity index (χ0v) is 8.21. The number of aliphatic hydroxyl groups excluding tert-OH is 1. The smallest absolute Gasteiger partial charge is 0.0445 e. The van der Waals surface area contributed by atoms with Gasteiger partial charge >= 0.3 is 0 Å². The molecule has 2 N–H and O–H groups in total. The van der Waals surface area contributed by atoms with Crippen molar-refractivity contribution < 1.29 is 5.11 Å². The summed E-state index contributed by atoms with van der Waals surface area (Å²) >= 11 is 0. The molecule has 1 atom stereocenters. The lowest BCUT2D eigenvalue weighted by Gasteiger charge is -2.21. The lowest BCUT2D eigenvalue weighted by molar-refractivity contribution is 0.243. The third-order valence-electron chi connectivity index (χ3n) is 2.61. The molecule has 1 aliphatic carbocycles. The molecule has 1 fully saturated rings. The summed E-state index contributed by atoms with van der Waals surface area (Å²) in [4.78, 5) is 0. The molecule has 0 saturated heterocycles. The molecule has 0 aromatic carbocycles. The molecule has 0 heterocycles. The minimum atomic E-state index is 0.306. The summed E-state index contributed by atoms with van der Waals surface area (Å²) in [7, 11) is 0. The summed E-state index contributed by atoms with van der Waals surface area (Å²) in [5, 5.41) is 12.3. The first-order valence-electron chi connectivity index (χ1n) is 5.08. The summed E-state index contributed by atoms with van der Waals surface area (Å²) in [6.07, 6.45) is 3.69. The number of hydrogen-bond donors (Lipinski definition) is 2. The first-order valence-corrected chi connectivity index (χ1v) is 5.08. The number of rotatable bonds is 6. The van der Waals surface area contributed by atoms with E-state index in [9.17, 15) is 0 Å². The highest BCUT2D eigenvalue weighted by Gasteiger charge is 2.22. The maximum absolute atomic E-state index is 8.83. The molecular weight excluding hydrogens is 150 g/mol. The van der Waals surface area contributed by atoms with Crippen LogP contribution in [0.4, 0.5) is 0 Å². The Morgan fingerprint density at radius 3 is 2.50 bits per heavy atom. The quantitative estimate of drug-likeness (QED) is 0.633. The zero-order valence-electron chi connectivity index (χ0n) is 8.21. The lowest BCUT2D eigenvalue weighted by atomic mass is 10.0. The maximum atomic E-state index is 8.83. The van der Waals surface area contributed by atoms with Crippen molar-refractivity contribution in [2.75, 3.05) is 13.2 Å². The predicted molar refractivity (Wildman–Crippen MR) is 51.1 cm³/mol. The van der Waals surface area contributed by atoms with Gasteiger partial charge in [-0.3, -0.25) is 0 Å². The Morgan fingerprint density at radius 2 is 2.08 bits per heavy atom. The van der Waals surface area contributed by atoms with E-state index in [1.807, 2.05) is 0 Å².